The van der Waals surface area contributed by atoms with Gasteiger partial charge in [-0.05, 0) is 36.4 Å². The van der Waals surface area contributed by atoms with Crippen molar-refractivity contribution in [3.63, 3.8) is 0 Å². The van der Waals surface area contributed by atoms with Gasteiger partial charge in [-0.25, -0.2) is 9.37 Å². The first-order valence-electron chi connectivity index (χ1n) is 10.4. The summed E-state index contributed by atoms with van der Waals surface area (Å²) < 4.78 is 26.4. The molecule has 4 aromatic rings. The number of methoxy groups -OCH3 is 1. The fourth-order valence-electron chi connectivity index (χ4n) is 3.51. The maximum absolute atomic E-state index is 13.8. The van der Waals surface area contributed by atoms with Crippen LogP contribution >= 0.6 is 0 Å². The van der Waals surface area contributed by atoms with Crippen molar-refractivity contribution in [2.24, 2.45) is 0 Å². The minimum absolute atomic E-state index is 0.185. The molecule has 0 fully saturated rings. The van der Waals surface area contributed by atoms with Gasteiger partial charge in [0.15, 0.2) is 0 Å². The Labute approximate surface area is 185 Å². The van der Waals surface area contributed by atoms with E-state index in [1.54, 1.807) is 7.11 Å². The van der Waals surface area contributed by atoms with Crippen LogP contribution in [-0.2, 0) is 16.0 Å². The summed E-state index contributed by atoms with van der Waals surface area (Å²) in [6, 6.07) is 21.8. The van der Waals surface area contributed by atoms with Gasteiger partial charge in [-0.1, -0.05) is 30.3 Å². The number of aryl methyl sites for hydroxylation is 1. The lowest BCUT2D eigenvalue weighted by Crippen LogP contribution is -2.15. The van der Waals surface area contributed by atoms with Crippen molar-refractivity contribution in [1.29, 1.82) is 0 Å². The Morgan fingerprint density at radius 1 is 1.03 bits per heavy atom. The molecule has 0 saturated carbocycles. The molecule has 3 aromatic carbocycles. The van der Waals surface area contributed by atoms with Gasteiger partial charge in [0, 0.05) is 31.7 Å². The van der Waals surface area contributed by atoms with Crippen LogP contribution in [-0.4, -0.2) is 35.8 Å². The molecule has 1 heterocycles. The summed E-state index contributed by atoms with van der Waals surface area (Å²) in [5.41, 5.74) is 3.12. The molecule has 0 saturated heterocycles. The number of hydrogen-bond acceptors (Lipinski definition) is 4. The van der Waals surface area contributed by atoms with Gasteiger partial charge in [-0.2, -0.15) is 0 Å². The zero-order chi connectivity index (χ0) is 22.3. The number of rotatable bonds is 9. The quantitative estimate of drug-likeness (QED) is 0.387. The van der Waals surface area contributed by atoms with Crippen LogP contribution < -0.4 is 10.1 Å². The second kappa shape index (κ2) is 10.1. The first kappa shape index (κ1) is 21.5. The molecular formula is C25H24FN3O3. The molecule has 4 rings (SSSR count). The standard InChI is InChI=1S/C25H24FN3O3/c1-31-15-16-32-23-12-11-18(26)17-21(23)28-25(30)14-13-24-27-20-9-5-6-10-22(20)29(24)19-7-3-2-4-8-19/h2-12,17H,13-16H2,1H3,(H,28,30). The Kier molecular flexibility index (Phi) is 6.77. The second-order valence-electron chi connectivity index (χ2n) is 7.22. The highest BCUT2D eigenvalue weighted by Crippen LogP contribution is 2.26. The van der Waals surface area contributed by atoms with Crippen LogP contribution in [0.2, 0.25) is 0 Å². The van der Waals surface area contributed by atoms with Crippen LogP contribution in [0.25, 0.3) is 16.7 Å². The number of nitrogens with zero attached hydrogens (tertiary/aromatic N) is 2. The highest BCUT2D eigenvalue weighted by atomic mass is 19.1. The predicted molar refractivity (Wildman–Crippen MR) is 122 cm³/mol. The van der Waals surface area contributed by atoms with Crippen LogP contribution in [0, 0.1) is 5.82 Å². The Morgan fingerprint density at radius 3 is 2.62 bits per heavy atom. The number of fused-ring (bicyclic) bond motifs is 1. The number of para-hydroxylation sites is 3. The number of amides is 1. The number of imidazole rings is 1. The number of hydrogen-bond donors (Lipinski definition) is 1. The van der Waals surface area contributed by atoms with Gasteiger partial charge in [0.1, 0.15) is 24.0 Å². The van der Waals surface area contributed by atoms with E-state index in [1.165, 1.54) is 18.2 Å². The highest BCUT2D eigenvalue weighted by Gasteiger charge is 2.15. The third kappa shape index (κ3) is 4.95. The number of ether oxygens (including phenoxy) is 2. The lowest BCUT2D eigenvalue weighted by molar-refractivity contribution is -0.116. The van der Waals surface area contributed by atoms with E-state index < -0.39 is 5.82 Å². The smallest absolute Gasteiger partial charge is 0.224 e. The van der Waals surface area contributed by atoms with Gasteiger partial charge in [0.25, 0.3) is 0 Å². The second-order valence-corrected chi connectivity index (χ2v) is 7.22. The fourth-order valence-corrected chi connectivity index (χ4v) is 3.51. The number of nitrogens with one attached hydrogen (secondary N) is 1. The van der Waals surface area contributed by atoms with Crippen molar-refractivity contribution in [3.05, 3.63) is 84.4 Å². The van der Waals surface area contributed by atoms with Gasteiger partial charge >= 0.3 is 0 Å². The van der Waals surface area contributed by atoms with E-state index >= 15 is 0 Å². The SMILES string of the molecule is COCCOc1ccc(F)cc1NC(=O)CCc1nc2ccccc2n1-c1ccccc1. The van der Waals surface area contributed by atoms with Gasteiger partial charge in [-0.3, -0.25) is 9.36 Å². The molecular weight excluding hydrogens is 409 g/mol. The van der Waals surface area contributed by atoms with Crippen molar-refractivity contribution in [3.8, 4) is 11.4 Å². The maximum Gasteiger partial charge on any atom is 0.224 e. The van der Waals surface area contributed by atoms with Crippen LogP contribution in [0.1, 0.15) is 12.2 Å². The third-order valence-corrected chi connectivity index (χ3v) is 4.98. The van der Waals surface area contributed by atoms with Gasteiger partial charge in [0.2, 0.25) is 5.91 Å². The normalized spacial score (nSPS) is 10.9. The van der Waals surface area contributed by atoms with Crippen molar-refractivity contribution in [1.82, 2.24) is 9.55 Å². The van der Waals surface area contributed by atoms with Gasteiger partial charge in [-0.15, -0.1) is 0 Å². The number of anilines is 1. The van der Waals surface area contributed by atoms with Crippen LogP contribution in [0.5, 0.6) is 5.75 Å². The molecule has 164 valence electrons. The van der Waals surface area contributed by atoms with Crippen molar-refractivity contribution >= 4 is 22.6 Å². The maximum atomic E-state index is 13.8. The lowest BCUT2D eigenvalue weighted by Gasteiger charge is -2.13. The Bertz CT molecular complexity index is 1210. The molecule has 1 N–H and O–H groups in total. The first-order chi connectivity index (χ1) is 15.7. The molecule has 1 aromatic heterocycles. The number of benzene rings is 3. The summed E-state index contributed by atoms with van der Waals surface area (Å²) in [6.45, 7) is 0.687. The largest absolute Gasteiger partial charge is 0.489 e. The fraction of sp³-hybridized carbons (Fsp3) is 0.200. The Hall–Kier alpha value is -3.71. The van der Waals surface area contributed by atoms with Crippen LogP contribution in [0.3, 0.4) is 0 Å². The average Bonchev–Trinajstić information content (AvgIpc) is 3.18. The average molecular weight is 433 g/mol. The number of halogens is 1. The van der Waals surface area contributed by atoms with E-state index in [-0.39, 0.29) is 12.3 Å². The molecule has 6 nitrogen and oxygen atoms in total. The first-order valence-corrected chi connectivity index (χ1v) is 10.4. The molecule has 1 amide bonds. The van der Waals surface area contributed by atoms with Crippen molar-refractivity contribution in [2.75, 3.05) is 25.6 Å². The predicted octanol–water partition coefficient (Wildman–Crippen LogP) is 4.76. The molecule has 0 atom stereocenters. The molecule has 0 aliphatic carbocycles. The molecule has 0 unspecified atom stereocenters. The number of carbonyl (C=O) groups excluding carboxylic acids is 1. The van der Waals surface area contributed by atoms with E-state index in [4.69, 9.17) is 14.5 Å². The Morgan fingerprint density at radius 2 is 1.81 bits per heavy atom. The minimum Gasteiger partial charge on any atom is -0.489 e. The van der Waals surface area contributed by atoms with E-state index in [9.17, 15) is 9.18 Å². The molecule has 0 bridgehead atoms. The third-order valence-electron chi connectivity index (χ3n) is 4.98. The summed E-state index contributed by atoms with van der Waals surface area (Å²) in [6.07, 6.45) is 0.606. The summed E-state index contributed by atoms with van der Waals surface area (Å²) in [4.78, 5) is 17.4. The van der Waals surface area contributed by atoms with E-state index in [1.807, 2.05) is 54.6 Å². The summed E-state index contributed by atoms with van der Waals surface area (Å²) >= 11 is 0. The van der Waals surface area contributed by atoms with Crippen molar-refractivity contribution in [2.45, 2.75) is 12.8 Å². The number of carbonyl (C=O) groups is 1. The monoisotopic (exact) mass is 433 g/mol. The van der Waals surface area contributed by atoms with Crippen LogP contribution in [0.4, 0.5) is 10.1 Å². The highest BCUT2D eigenvalue weighted by molar-refractivity contribution is 5.92. The van der Waals surface area contributed by atoms with Gasteiger partial charge < -0.3 is 14.8 Å². The summed E-state index contributed by atoms with van der Waals surface area (Å²) in [5.74, 6) is 0.473. The van der Waals surface area contributed by atoms with Gasteiger partial charge in [0.05, 0.1) is 23.3 Å². The van der Waals surface area contributed by atoms with E-state index in [0.717, 1.165) is 22.5 Å². The van der Waals surface area contributed by atoms with E-state index in [0.29, 0.717) is 31.1 Å². The zero-order valence-electron chi connectivity index (χ0n) is 17.8. The topological polar surface area (TPSA) is 65.4 Å². The Balaban J connectivity index is 1.51. The lowest BCUT2D eigenvalue weighted by atomic mass is 10.2. The van der Waals surface area contributed by atoms with E-state index in [2.05, 4.69) is 9.88 Å². The number of aromatic nitrogens is 2. The molecule has 0 spiro atoms. The molecule has 0 aliphatic heterocycles. The van der Waals surface area contributed by atoms with Crippen molar-refractivity contribution < 1.29 is 18.7 Å². The zero-order valence-corrected chi connectivity index (χ0v) is 17.8. The summed E-state index contributed by atoms with van der Waals surface area (Å²) in [7, 11) is 1.57. The molecule has 0 aliphatic rings. The van der Waals surface area contributed by atoms with Crippen LogP contribution in [0.15, 0.2) is 72.8 Å². The minimum atomic E-state index is -0.453. The molecule has 32 heavy (non-hydrogen) atoms. The molecule has 7 heteroatoms. The molecule has 0 radical (unpaired) electrons. The summed E-state index contributed by atoms with van der Waals surface area (Å²) in [5, 5.41) is 2.76.